The van der Waals surface area contributed by atoms with Crippen LogP contribution in [0.1, 0.15) is 44.6 Å². The first kappa shape index (κ1) is 18.2. The Labute approximate surface area is 152 Å². The summed E-state index contributed by atoms with van der Waals surface area (Å²) in [7, 11) is 2.17. The van der Waals surface area contributed by atoms with Crippen LogP contribution in [-0.4, -0.2) is 50.8 Å². The number of nitrogens with one attached hydrogen (secondary N) is 1. The Morgan fingerprint density at radius 1 is 1.24 bits per heavy atom. The van der Waals surface area contributed by atoms with Crippen molar-refractivity contribution in [1.82, 2.24) is 10.2 Å². The fraction of sp³-hybridized carbons (Fsp3) is 0.667. The number of rotatable bonds is 7. The summed E-state index contributed by atoms with van der Waals surface area (Å²) in [5.41, 5.74) is 1.73. The molecule has 1 saturated carbocycles. The number of ether oxygens (including phenoxy) is 1. The van der Waals surface area contributed by atoms with E-state index in [-0.39, 0.29) is 5.41 Å². The average molecular weight is 344 g/mol. The topological polar surface area (TPSA) is 36.9 Å². The first-order chi connectivity index (χ1) is 12.2. The molecule has 1 saturated heterocycles. The standard InChI is InChI=1S/C21H33N3O/c1-3-22-20(24(2)14-9-18-10-15-25-16-11-18)23-17-21(12-13-21)19-7-5-4-6-8-19/h4-8,18H,3,9-17H2,1-2H3,(H,22,23). The molecule has 4 nitrogen and oxygen atoms in total. The molecule has 138 valence electrons. The van der Waals surface area contributed by atoms with E-state index >= 15 is 0 Å². The van der Waals surface area contributed by atoms with Gasteiger partial charge in [-0.25, -0.2) is 0 Å². The van der Waals surface area contributed by atoms with Crippen LogP contribution in [0.2, 0.25) is 0 Å². The van der Waals surface area contributed by atoms with E-state index in [2.05, 4.69) is 54.5 Å². The molecule has 1 aromatic rings. The van der Waals surface area contributed by atoms with Crippen molar-refractivity contribution in [2.75, 3.05) is 39.9 Å². The molecular weight excluding hydrogens is 310 g/mol. The van der Waals surface area contributed by atoms with Crippen LogP contribution in [0.25, 0.3) is 0 Å². The third-order valence-corrected chi connectivity index (χ3v) is 5.68. The predicted octanol–water partition coefficient (Wildman–Crippen LogP) is 3.43. The van der Waals surface area contributed by atoms with Crippen molar-refractivity contribution in [1.29, 1.82) is 0 Å². The highest BCUT2D eigenvalue weighted by Gasteiger charge is 2.44. The fourth-order valence-corrected chi connectivity index (χ4v) is 3.69. The maximum atomic E-state index is 5.47. The van der Waals surface area contributed by atoms with Crippen LogP contribution >= 0.6 is 0 Å². The summed E-state index contributed by atoms with van der Waals surface area (Å²) < 4.78 is 5.47. The largest absolute Gasteiger partial charge is 0.381 e. The Balaban J connectivity index is 1.57. The molecule has 25 heavy (non-hydrogen) atoms. The van der Waals surface area contributed by atoms with Crippen LogP contribution in [0, 0.1) is 5.92 Å². The van der Waals surface area contributed by atoms with Gasteiger partial charge < -0.3 is 15.0 Å². The van der Waals surface area contributed by atoms with Crippen LogP contribution in [0.4, 0.5) is 0 Å². The van der Waals surface area contributed by atoms with Gasteiger partial charge in [-0.3, -0.25) is 4.99 Å². The zero-order chi connectivity index (χ0) is 17.5. The molecular formula is C21H33N3O. The third kappa shape index (κ3) is 4.97. The van der Waals surface area contributed by atoms with E-state index in [9.17, 15) is 0 Å². The highest BCUT2D eigenvalue weighted by molar-refractivity contribution is 5.79. The molecule has 1 aliphatic carbocycles. The zero-order valence-corrected chi connectivity index (χ0v) is 15.8. The summed E-state index contributed by atoms with van der Waals surface area (Å²) >= 11 is 0. The number of guanidine groups is 1. The van der Waals surface area contributed by atoms with Crippen molar-refractivity contribution < 1.29 is 4.74 Å². The van der Waals surface area contributed by atoms with E-state index in [1.54, 1.807) is 0 Å². The molecule has 0 spiro atoms. The maximum Gasteiger partial charge on any atom is 0.193 e. The summed E-state index contributed by atoms with van der Waals surface area (Å²) in [6, 6.07) is 10.9. The van der Waals surface area contributed by atoms with Gasteiger partial charge in [0.05, 0.1) is 6.54 Å². The molecule has 2 aliphatic rings. The zero-order valence-electron chi connectivity index (χ0n) is 15.8. The van der Waals surface area contributed by atoms with Gasteiger partial charge in [0.1, 0.15) is 0 Å². The molecule has 0 radical (unpaired) electrons. The predicted molar refractivity (Wildman–Crippen MR) is 104 cm³/mol. The average Bonchev–Trinajstić information content (AvgIpc) is 3.46. The number of benzene rings is 1. The van der Waals surface area contributed by atoms with E-state index in [1.807, 2.05) is 0 Å². The van der Waals surface area contributed by atoms with Crippen LogP contribution in [0.3, 0.4) is 0 Å². The van der Waals surface area contributed by atoms with Gasteiger partial charge in [-0.2, -0.15) is 0 Å². The van der Waals surface area contributed by atoms with E-state index in [0.29, 0.717) is 0 Å². The van der Waals surface area contributed by atoms with Crippen LogP contribution < -0.4 is 5.32 Å². The number of nitrogens with zero attached hydrogens (tertiary/aromatic N) is 2. The molecule has 0 amide bonds. The van der Waals surface area contributed by atoms with Crippen LogP contribution in [0.15, 0.2) is 35.3 Å². The third-order valence-electron chi connectivity index (χ3n) is 5.68. The summed E-state index contributed by atoms with van der Waals surface area (Å²) in [5, 5.41) is 3.47. The number of aliphatic imine (C=N–C) groups is 1. The van der Waals surface area contributed by atoms with E-state index < -0.39 is 0 Å². The lowest BCUT2D eigenvalue weighted by atomic mass is 9.96. The van der Waals surface area contributed by atoms with Gasteiger partial charge in [-0.1, -0.05) is 30.3 Å². The molecule has 0 aromatic heterocycles. The lowest BCUT2D eigenvalue weighted by Crippen LogP contribution is -2.40. The molecule has 0 bridgehead atoms. The quantitative estimate of drug-likeness (QED) is 0.609. The summed E-state index contributed by atoms with van der Waals surface area (Å²) in [4.78, 5) is 7.30. The molecule has 2 fully saturated rings. The lowest BCUT2D eigenvalue weighted by Gasteiger charge is -2.27. The highest BCUT2D eigenvalue weighted by Crippen LogP contribution is 2.48. The second-order valence-electron chi connectivity index (χ2n) is 7.58. The van der Waals surface area contributed by atoms with Gasteiger partial charge in [0, 0.05) is 38.8 Å². The molecule has 1 aromatic carbocycles. The monoisotopic (exact) mass is 343 g/mol. The van der Waals surface area contributed by atoms with Crippen molar-refractivity contribution in [3.05, 3.63) is 35.9 Å². The Bertz CT molecular complexity index is 548. The van der Waals surface area contributed by atoms with Gasteiger partial charge in [0.15, 0.2) is 5.96 Å². The number of hydrogen-bond donors (Lipinski definition) is 1. The summed E-state index contributed by atoms with van der Waals surface area (Å²) in [5.74, 6) is 1.86. The minimum absolute atomic E-state index is 0.281. The molecule has 1 heterocycles. The smallest absolute Gasteiger partial charge is 0.193 e. The maximum absolute atomic E-state index is 5.47. The second kappa shape index (κ2) is 8.70. The van der Waals surface area contributed by atoms with Crippen molar-refractivity contribution in [3.63, 3.8) is 0 Å². The summed E-state index contributed by atoms with van der Waals surface area (Å²) in [6.45, 7) is 6.88. The molecule has 0 unspecified atom stereocenters. The SMILES string of the molecule is CCNC(=NCC1(c2ccccc2)CC1)N(C)CCC1CCOCC1. The lowest BCUT2D eigenvalue weighted by molar-refractivity contribution is 0.0625. The van der Waals surface area contributed by atoms with Gasteiger partial charge in [-0.05, 0) is 50.5 Å². The van der Waals surface area contributed by atoms with Gasteiger partial charge >= 0.3 is 0 Å². The normalized spacial score (nSPS) is 20.3. The fourth-order valence-electron chi connectivity index (χ4n) is 3.69. The summed E-state index contributed by atoms with van der Waals surface area (Å²) in [6.07, 6.45) is 6.16. The minimum Gasteiger partial charge on any atom is -0.381 e. The van der Waals surface area contributed by atoms with Crippen molar-refractivity contribution in [2.45, 2.75) is 44.4 Å². The van der Waals surface area contributed by atoms with Gasteiger partial charge in [-0.15, -0.1) is 0 Å². The van der Waals surface area contributed by atoms with Crippen LogP contribution in [0.5, 0.6) is 0 Å². The van der Waals surface area contributed by atoms with Crippen LogP contribution in [-0.2, 0) is 10.2 Å². The van der Waals surface area contributed by atoms with Gasteiger partial charge in [0.2, 0.25) is 0 Å². The van der Waals surface area contributed by atoms with Crippen molar-refractivity contribution >= 4 is 5.96 Å². The first-order valence-corrected chi connectivity index (χ1v) is 9.86. The number of hydrogen-bond acceptors (Lipinski definition) is 2. The Morgan fingerprint density at radius 2 is 1.96 bits per heavy atom. The van der Waals surface area contributed by atoms with E-state index in [1.165, 1.54) is 37.7 Å². The second-order valence-corrected chi connectivity index (χ2v) is 7.58. The Morgan fingerprint density at radius 3 is 2.60 bits per heavy atom. The minimum atomic E-state index is 0.281. The Hall–Kier alpha value is -1.55. The van der Waals surface area contributed by atoms with Crippen molar-refractivity contribution in [2.24, 2.45) is 10.9 Å². The van der Waals surface area contributed by atoms with E-state index in [0.717, 1.165) is 44.7 Å². The molecule has 1 N–H and O–H groups in total. The molecule has 1 aliphatic heterocycles. The molecule has 4 heteroatoms. The molecule has 3 rings (SSSR count). The Kier molecular flexibility index (Phi) is 6.35. The first-order valence-electron chi connectivity index (χ1n) is 9.86. The van der Waals surface area contributed by atoms with Gasteiger partial charge in [0.25, 0.3) is 0 Å². The highest BCUT2D eigenvalue weighted by atomic mass is 16.5. The van der Waals surface area contributed by atoms with Crippen molar-refractivity contribution in [3.8, 4) is 0 Å². The molecule has 0 atom stereocenters. The van der Waals surface area contributed by atoms with E-state index in [4.69, 9.17) is 9.73 Å².